The third-order valence-electron chi connectivity index (χ3n) is 4.92. The van der Waals surface area contributed by atoms with Crippen LogP contribution < -0.4 is 9.47 Å². The van der Waals surface area contributed by atoms with E-state index >= 15 is 0 Å². The number of benzene rings is 3. The second-order valence-electron chi connectivity index (χ2n) is 6.97. The van der Waals surface area contributed by atoms with Gasteiger partial charge in [-0.2, -0.15) is 0 Å². The zero-order chi connectivity index (χ0) is 21.6. The molecule has 0 amide bonds. The molecule has 158 valence electrons. The van der Waals surface area contributed by atoms with Crippen LogP contribution in [0.15, 0.2) is 84.0 Å². The lowest BCUT2D eigenvalue weighted by Gasteiger charge is -2.15. The summed E-state index contributed by atoms with van der Waals surface area (Å²) in [6, 6.07) is 26.3. The molecule has 3 aromatic carbocycles. The minimum absolute atomic E-state index is 0.227. The molecule has 1 heterocycles. The Labute approximate surface area is 187 Å². The highest BCUT2D eigenvalue weighted by atomic mass is 32.2. The summed E-state index contributed by atoms with van der Waals surface area (Å²) in [6.07, 6.45) is 0. The highest BCUT2D eigenvalue weighted by Gasteiger charge is 2.19. The molecule has 5 nitrogen and oxygen atoms in total. The number of hydrogen-bond acceptors (Lipinski definition) is 5. The van der Waals surface area contributed by atoms with Crippen molar-refractivity contribution < 1.29 is 9.47 Å². The standard InChI is InChI=1S/C25H25N3O2S/c1-4-30-22-15-13-21(14-16-22)28-24(20-11-8-12-23(17-20)29-3)26-27-25(28)31-18(2)19-9-6-5-7-10-19/h5-18H,4H2,1-3H3/t18-/m0/s1. The smallest absolute Gasteiger partial charge is 0.196 e. The van der Waals surface area contributed by atoms with Gasteiger partial charge in [0.25, 0.3) is 0 Å². The van der Waals surface area contributed by atoms with Crippen molar-refractivity contribution in [3.63, 3.8) is 0 Å². The molecule has 4 aromatic rings. The van der Waals surface area contributed by atoms with Crippen molar-refractivity contribution in [1.29, 1.82) is 0 Å². The zero-order valence-electron chi connectivity index (χ0n) is 17.9. The molecule has 0 spiro atoms. The van der Waals surface area contributed by atoms with Crippen molar-refractivity contribution in [3.05, 3.63) is 84.4 Å². The lowest BCUT2D eigenvalue weighted by molar-refractivity contribution is 0.340. The zero-order valence-corrected chi connectivity index (χ0v) is 18.7. The van der Waals surface area contributed by atoms with Crippen LogP contribution in [0.3, 0.4) is 0 Å². The molecule has 6 heteroatoms. The first-order valence-corrected chi connectivity index (χ1v) is 11.1. The minimum Gasteiger partial charge on any atom is -0.497 e. The molecule has 0 saturated heterocycles. The van der Waals surface area contributed by atoms with Crippen molar-refractivity contribution in [3.8, 4) is 28.6 Å². The molecule has 0 bridgehead atoms. The molecular weight excluding hydrogens is 406 g/mol. The van der Waals surface area contributed by atoms with E-state index in [9.17, 15) is 0 Å². The van der Waals surface area contributed by atoms with E-state index < -0.39 is 0 Å². The molecule has 0 unspecified atom stereocenters. The summed E-state index contributed by atoms with van der Waals surface area (Å²) < 4.78 is 13.1. The highest BCUT2D eigenvalue weighted by Crippen LogP contribution is 2.37. The van der Waals surface area contributed by atoms with E-state index in [-0.39, 0.29) is 5.25 Å². The number of hydrogen-bond donors (Lipinski definition) is 0. The first-order valence-electron chi connectivity index (χ1n) is 10.2. The average Bonchev–Trinajstić information content (AvgIpc) is 3.24. The van der Waals surface area contributed by atoms with Gasteiger partial charge in [0, 0.05) is 16.5 Å². The molecule has 0 aliphatic carbocycles. The molecule has 1 aromatic heterocycles. The van der Waals surface area contributed by atoms with Gasteiger partial charge in [0.15, 0.2) is 11.0 Å². The molecule has 0 fully saturated rings. The first kappa shape index (κ1) is 21.0. The fourth-order valence-corrected chi connectivity index (χ4v) is 4.33. The van der Waals surface area contributed by atoms with Gasteiger partial charge < -0.3 is 9.47 Å². The number of thioether (sulfide) groups is 1. The van der Waals surface area contributed by atoms with Crippen LogP contribution in [0, 0.1) is 0 Å². The molecule has 4 rings (SSSR count). The topological polar surface area (TPSA) is 49.2 Å². The minimum atomic E-state index is 0.227. The van der Waals surface area contributed by atoms with Crippen LogP contribution in [0.1, 0.15) is 24.7 Å². The largest absolute Gasteiger partial charge is 0.497 e. The molecule has 0 aliphatic heterocycles. The molecule has 31 heavy (non-hydrogen) atoms. The van der Waals surface area contributed by atoms with E-state index in [2.05, 4.69) is 46.0 Å². The molecule has 0 aliphatic rings. The van der Waals surface area contributed by atoms with Crippen molar-refractivity contribution >= 4 is 11.8 Å². The maximum atomic E-state index is 5.61. The fourth-order valence-electron chi connectivity index (χ4n) is 3.34. The molecular formula is C25H25N3O2S. The van der Waals surface area contributed by atoms with Gasteiger partial charge in [0.05, 0.1) is 13.7 Å². The second-order valence-corrected chi connectivity index (χ2v) is 8.28. The summed E-state index contributed by atoms with van der Waals surface area (Å²) in [4.78, 5) is 0. The maximum Gasteiger partial charge on any atom is 0.196 e. The first-order chi connectivity index (χ1) is 15.2. The summed E-state index contributed by atoms with van der Waals surface area (Å²) >= 11 is 1.68. The lowest BCUT2D eigenvalue weighted by atomic mass is 10.2. The van der Waals surface area contributed by atoms with E-state index in [4.69, 9.17) is 9.47 Å². The van der Waals surface area contributed by atoms with Crippen molar-refractivity contribution in [2.75, 3.05) is 13.7 Å². The third kappa shape index (κ3) is 4.75. The number of ether oxygens (including phenoxy) is 2. The average molecular weight is 432 g/mol. The van der Waals surface area contributed by atoms with Gasteiger partial charge in [-0.15, -0.1) is 10.2 Å². The SMILES string of the molecule is CCOc1ccc(-n2c(S[C@@H](C)c3ccccc3)nnc2-c2cccc(OC)c2)cc1. The molecule has 0 saturated carbocycles. The van der Waals surface area contributed by atoms with Crippen LogP contribution in [0.5, 0.6) is 11.5 Å². The Hall–Kier alpha value is -3.25. The van der Waals surface area contributed by atoms with Crippen LogP contribution in [0.4, 0.5) is 0 Å². The van der Waals surface area contributed by atoms with Crippen LogP contribution in [0.25, 0.3) is 17.1 Å². The summed E-state index contributed by atoms with van der Waals surface area (Å²) in [5, 5.41) is 10.2. The highest BCUT2D eigenvalue weighted by molar-refractivity contribution is 7.99. The second kappa shape index (κ2) is 9.71. The van der Waals surface area contributed by atoms with Crippen LogP contribution in [-0.4, -0.2) is 28.5 Å². The Bertz CT molecular complexity index is 1130. The molecule has 0 N–H and O–H groups in total. The van der Waals surface area contributed by atoms with E-state index in [1.807, 2.05) is 61.5 Å². The van der Waals surface area contributed by atoms with E-state index in [1.165, 1.54) is 5.56 Å². The van der Waals surface area contributed by atoms with Crippen molar-refractivity contribution in [1.82, 2.24) is 14.8 Å². The number of rotatable bonds is 8. The van der Waals surface area contributed by atoms with Gasteiger partial charge in [0.1, 0.15) is 11.5 Å². The summed E-state index contributed by atoms with van der Waals surface area (Å²) in [6.45, 7) is 4.80. The lowest BCUT2D eigenvalue weighted by Crippen LogP contribution is -2.01. The predicted octanol–water partition coefficient (Wildman–Crippen LogP) is 6.19. The van der Waals surface area contributed by atoms with Gasteiger partial charge in [-0.1, -0.05) is 54.2 Å². The van der Waals surface area contributed by atoms with Crippen LogP contribution >= 0.6 is 11.8 Å². The van der Waals surface area contributed by atoms with Gasteiger partial charge >= 0.3 is 0 Å². The Morgan fingerprint density at radius 1 is 0.903 bits per heavy atom. The van der Waals surface area contributed by atoms with E-state index in [0.717, 1.165) is 33.7 Å². The maximum absolute atomic E-state index is 5.61. The van der Waals surface area contributed by atoms with Gasteiger partial charge in [-0.3, -0.25) is 4.57 Å². The van der Waals surface area contributed by atoms with Crippen LogP contribution in [-0.2, 0) is 0 Å². The molecule has 0 radical (unpaired) electrons. The Kier molecular flexibility index (Phi) is 6.57. The van der Waals surface area contributed by atoms with Gasteiger partial charge in [0.2, 0.25) is 0 Å². The van der Waals surface area contributed by atoms with E-state index in [0.29, 0.717) is 6.61 Å². The summed E-state index contributed by atoms with van der Waals surface area (Å²) in [5.41, 5.74) is 3.17. The Balaban J connectivity index is 1.77. The van der Waals surface area contributed by atoms with Gasteiger partial charge in [-0.05, 0) is 55.8 Å². The van der Waals surface area contributed by atoms with Crippen LogP contribution in [0.2, 0.25) is 0 Å². The monoisotopic (exact) mass is 431 g/mol. The summed E-state index contributed by atoms with van der Waals surface area (Å²) in [7, 11) is 1.67. The normalized spacial score (nSPS) is 11.8. The number of nitrogens with zero attached hydrogens (tertiary/aromatic N) is 3. The quantitative estimate of drug-likeness (QED) is 0.311. The number of methoxy groups -OCH3 is 1. The fraction of sp³-hybridized carbons (Fsp3) is 0.200. The van der Waals surface area contributed by atoms with Crippen molar-refractivity contribution in [2.45, 2.75) is 24.3 Å². The number of aromatic nitrogens is 3. The Morgan fingerprint density at radius 3 is 2.39 bits per heavy atom. The van der Waals surface area contributed by atoms with E-state index in [1.54, 1.807) is 18.9 Å². The molecule has 1 atom stereocenters. The van der Waals surface area contributed by atoms with Crippen molar-refractivity contribution in [2.24, 2.45) is 0 Å². The summed E-state index contributed by atoms with van der Waals surface area (Å²) in [5.74, 6) is 2.39. The predicted molar refractivity (Wildman–Crippen MR) is 125 cm³/mol. The Morgan fingerprint density at radius 2 is 1.68 bits per heavy atom. The van der Waals surface area contributed by atoms with Gasteiger partial charge in [-0.25, -0.2) is 0 Å². The third-order valence-corrected chi connectivity index (χ3v) is 6.02.